The fourth-order valence-corrected chi connectivity index (χ4v) is 4.52. The molecule has 0 aromatic heterocycles. The van der Waals surface area contributed by atoms with Gasteiger partial charge in [-0.2, -0.15) is 0 Å². The summed E-state index contributed by atoms with van der Waals surface area (Å²) in [4.78, 5) is 0. The first-order valence-corrected chi connectivity index (χ1v) is 15.1. The number of halogens is 4. The molecule has 0 amide bonds. The van der Waals surface area contributed by atoms with Crippen molar-refractivity contribution in [3.05, 3.63) is 94.1 Å². The van der Waals surface area contributed by atoms with Crippen molar-refractivity contribution in [2.24, 2.45) is 0 Å². The topological polar surface area (TPSA) is 18.5 Å². The summed E-state index contributed by atoms with van der Waals surface area (Å²) >= 11 is 0. The van der Waals surface area contributed by atoms with Gasteiger partial charge in [-0.25, -0.2) is 17.6 Å². The zero-order valence-electron chi connectivity index (χ0n) is 24.7. The lowest BCUT2D eigenvalue weighted by atomic mass is 10.0. The molecule has 0 bridgehead atoms. The van der Waals surface area contributed by atoms with Crippen LogP contribution in [0.3, 0.4) is 0 Å². The molecular weight excluding hydrogens is 540 g/mol. The molecule has 0 atom stereocenters. The van der Waals surface area contributed by atoms with E-state index in [4.69, 9.17) is 9.47 Å². The zero-order valence-corrected chi connectivity index (χ0v) is 24.7. The third-order valence-corrected chi connectivity index (χ3v) is 6.95. The van der Waals surface area contributed by atoms with E-state index < -0.39 is 23.3 Å². The Morgan fingerprint density at radius 3 is 1.26 bits per heavy atom. The average molecular weight is 583 g/mol. The van der Waals surface area contributed by atoms with Gasteiger partial charge in [0.1, 0.15) is 34.8 Å². The van der Waals surface area contributed by atoms with Gasteiger partial charge >= 0.3 is 0 Å². The van der Waals surface area contributed by atoms with Crippen LogP contribution in [0.1, 0.15) is 100 Å². The van der Waals surface area contributed by atoms with Crippen molar-refractivity contribution < 1.29 is 27.0 Å². The second-order valence-corrected chi connectivity index (χ2v) is 10.5. The maximum Gasteiger partial charge on any atom is 0.130 e. The van der Waals surface area contributed by atoms with E-state index >= 15 is 0 Å². The first-order valence-electron chi connectivity index (χ1n) is 15.1. The number of unbranched alkanes of at least 4 members (excludes halogenated alkanes) is 8. The molecule has 42 heavy (non-hydrogen) atoms. The Kier molecular flexibility index (Phi) is 14.2. The van der Waals surface area contributed by atoms with Crippen LogP contribution in [-0.4, -0.2) is 13.2 Å². The molecule has 3 rings (SSSR count). The fourth-order valence-electron chi connectivity index (χ4n) is 4.52. The van der Waals surface area contributed by atoms with E-state index in [9.17, 15) is 17.6 Å². The summed E-state index contributed by atoms with van der Waals surface area (Å²) in [7, 11) is 0. The molecule has 0 unspecified atom stereocenters. The number of rotatable bonds is 18. The zero-order chi connectivity index (χ0) is 30.2. The van der Waals surface area contributed by atoms with Crippen molar-refractivity contribution in [2.75, 3.05) is 13.2 Å². The molecule has 0 radical (unpaired) electrons. The molecule has 3 aromatic carbocycles. The van der Waals surface area contributed by atoms with Gasteiger partial charge in [-0.15, -0.1) is 0 Å². The van der Waals surface area contributed by atoms with E-state index in [2.05, 4.69) is 13.8 Å². The van der Waals surface area contributed by atoms with Gasteiger partial charge in [0.25, 0.3) is 0 Å². The Hall–Kier alpha value is -3.54. The standard InChI is InChI=1S/C36H42F4O2/c1-3-5-7-9-11-21-41-35-25-30(16-14-28-24-32(38)18-20-34(28)40)36(42-22-12-10-8-6-4-2)26-29(35)15-13-27-23-31(37)17-19-33(27)39/h13-20,23-26H,3-12,21-22H2,1-2H3/b15-13+,16-14+. The van der Waals surface area contributed by atoms with Gasteiger partial charge in [-0.1, -0.05) is 89.5 Å². The third-order valence-electron chi connectivity index (χ3n) is 6.95. The van der Waals surface area contributed by atoms with Gasteiger partial charge in [-0.05, 0) is 61.4 Å². The van der Waals surface area contributed by atoms with Gasteiger partial charge < -0.3 is 9.47 Å². The molecule has 0 saturated carbocycles. The molecule has 0 N–H and O–H groups in total. The summed E-state index contributed by atoms with van der Waals surface area (Å²) in [6.45, 7) is 5.29. The van der Waals surface area contributed by atoms with E-state index in [1.54, 1.807) is 24.3 Å². The molecular formula is C36H42F4O2. The second kappa shape index (κ2) is 18.1. The van der Waals surface area contributed by atoms with Gasteiger partial charge in [0.2, 0.25) is 0 Å². The molecule has 0 heterocycles. The molecule has 0 aliphatic carbocycles. The SMILES string of the molecule is CCCCCCCOc1cc(/C=C/c2cc(F)ccc2F)c(OCCCCCCC)cc1/C=C/c1cc(F)ccc1F. The summed E-state index contributed by atoms with van der Waals surface area (Å²) in [6.07, 6.45) is 17.1. The summed E-state index contributed by atoms with van der Waals surface area (Å²) in [5, 5.41) is 0. The van der Waals surface area contributed by atoms with Crippen LogP contribution < -0.4 is 9.47 Å². The van der Waals surface area contributed by atoms with Crippen LogP contribution in [0.25, 0.3) is 24.3 Å². The van der Waals surface area contributed by atoms with E-state index in [0.717, 1.165) is 87.8 Å². The van der Waals surface area contributed by atoms with Crippen molar-refractivity contribution in [1.29, 1.82) is 0 Å². The van der Waals surface area contributed by atoms with E-state index in [1.165, 1.54) is 25.0 Å². The molecule has 226 valence electrons. The maximum absolute atomic E-state index is 14.3. The van der Waals surface area contributed by atoms with Gasteiger partial charge in [0.05, 0.1) is 13.2 Å². The molecule has 2 nitrogen and oxygen atoms in total. The highest BCUT2D eigenvalue weighted by atomic mass is 19.1. The monoisotopic (exact) mass is 582 g/mol. The van der Waals surface area contributed by atoms with Crippen molar-refractivity contribution in [3.8, 4) is 11.5 Å². The molecule has 6 heteroatoms. The predicted octanol–water partition coefficient (Wildman–Crippen LogP) is 11.3. The quantitative estimate of drug-likeness (QED) is 0.0844. The summed E-state index contributed by atoms with van der Waals surface area (Å²) in [6, 6.07) is 10.2. The first-order chi connectivity index (χ1) is 20.4. The van der Waals surface area contributed by atoms with Gasteiger partial charge in [0, 0.05) is 22.3 Å². The Morgan fingerprint density at radius 2 is 0.857 bits per heavy atom. The number of hydrogen-bond donors (Lipinski definition) is 0. The minimum absolute atomic E-state index is 0.115. The van der Waals surface area contributed by atoms with Crippen LogP contribution in [-0.2, 0) is 0 Å². The van der Waals surface area contributed by atoms with Crippen molar-refractivity contribution in [3.63, 3.8) is 0 Å². The highest BCUT2D eigenvalue weighted by Crippen LogP contribution is 2.33. The average Bonchev–Trinajstić information content (AvgIpc) is 2.98. The van der Waals surface area contributed by atoms with Crippen molar-refractivity contribution in [2.45, 2.75) is 78.1 Å². The second-order valence-electron chi connectivity index (χ2n) is 10.5. The molecule has 3 aromatic rings. The maximum atomic E-state index is 14.3. The third kappa shape index (κ3) is 11.0. The Morgan fingerprint density at radius 1 is 0.476 bits per heavy atom. The summed E-state index contributed by atoms with van der Waals surface area (Å²) < 4.78 is 68.6. The van der Waals surface area contributed by atoms with Crippen LogP contribution >= 0.6 is 0 Å². The van der Waals surface area contributed by atoms with E-state index in [1.807, 2.05) is 0 Å². The van der Waals surface area contributed by atoms with Gasteiger partial charge in [0.15, 0.2) is 0 Å². The molecule has 0 fully saturated rings. The Labute approximate surface area is 248 Å². The molecule has 0 aliphatic rings. The highest BCUT2D eigenvalue weighted by Gasteiger charge is 2.12. The predicted molar refractivity (Wildman–Crippen MR) is 166 cm³/mol. The van der Waals surface area contributed by atoms with E-state index in [0.29, 0.717) is 35.8 Å². The lowest BCUT2D eigenvalue weighted by Gasteiger charge is -2.16. The van der Waals surface area contributed by atoms with E-state index in [-0.39, 0.29) is 11.1 Å². The smallest absolute Gasteiger partial charge is 0.130 e. The van der Waals surface area contributed by atoms with Crippen LogP contribution in [0.5, 0.6) is 11.5 Å². The van der Waals surface area contributed by atoms with Crippen LogP contribution in [0, 0.1) is 23.3 Å². The molecule has 0 aliphatic heterocycles. The Balaban J connectivity index is 1.95. The largest absolute Gasteiger partial charge is 0.493 e. The number of benzene rings is 3. The summed E-state index contributed by atoms with van der Waals surface area (Å²) in [5.41, 5.74) is 1.51. The lowest BCUT2D eigenvalue weighted by molar-refractivity contribution is 0.295. The summed E-state index contributed by atoms with van der Waals surface area (Å²) in [5.74, 6) is -1.06. The minimum atomic E-state index is -0.536. The molecule has 0 spiro atoms. The van der Waals surface area contributed by atoms with Crippen molar-refractivity contribution >= 4 is 24.3 Å². The Bertz CT molecular complexity index is 1210. The van der Waals surface area contributed by atoms with Gasteiger partial charge in [-0.3, -0.25) is 0 Å². The highest BCUT2D eigenvalue weighted by molar-refractivity contribution is 5.79. The fraction of sp³-hybridized carbons (Fsp3) is 0.389. The van der Waals surface area contributed by atoms with Crippen LogP contribution in [0.4, 0.5) is 17.6 Å². The first kappa shape index (κ1) is 33.0. The van der Waals surface area contributed by atoms with Crippen LogP contribution in [0.2, 0.25) is 0 Å². The lowest BCUT2D eigenvalue weighted by Crippen LogP contribution is -2.03. The number of ether oxygens (including phenoxy) is 2. The minimum Gasteiger partial charge on any atom is -0.493 e. The molecule has 0 saturated heterocycles. The van der Waals surface area contributed by atoms with Crippen LogP contribution in [0.15, 0.2) is 48.5 Å². The normalized spacial score (nSPS) is 11.6. The number of hydrogen-bond acceptors (Lipinski definition) is 2. The van der Waals surface area contributed by atoms with Crippen molar-refractivity contribution in [1.82, 2.24) is 0 Å².